The van der Waals surface area contributed by atoms with Crippen molar-refractivity contribution >= 4 is 11.9 Å². The molecule has 1 saturated heterocycles. The number of aliphatic carboxylic acids is 1. The summed E-state index contributed by atoms with van der Waals surface area (Å²) in [4.78, 5) is 29.6. The summed E-state index contributed by atoms with van der Waals surface area (Å²) in [6, 6.07) is 3.31. The molecule has 0 aromatic carbocycles. The number of carbonyl (C=O) groups excluding carboxylic acids is 1. The summed E-state index contributed by atoms with van der Waals surface area (Å²) < 4.78 is 16.1. The molecule has 1 N–H and O–H groups in total. The highest BCUT2D eigenvalue weighted by atomic mass is 16.5. The molecule has 0 saturated carbocycles. The lowest BCUT2D eigenvalue weighted by molar-refractivity contribution is -0.147. The fraction of sp³-hybridized carbons (Fsp3) is 0.471. The van der Waals surface area contributed by atoms with Crippen molar-refractivity contribution in [1.82, 2.24) is 9.88 Å². The maximum absolute atomic E-state index is 12.7. The molecule has 1 aliphatic rings. The first-order valence-electron chi connectivity index (χ1n) is 8.14. The molecule has 3 rings (SSSR count). The van der Waals surface area contributed by atoms with Crippen molar-refractivity contribution in [3.8, 4) is 11.7 Å². The monoisotopic (exact) mass is 348 g/mol. The molecular formula is C17H20N2O6. The van der Waals surface area contributed by atoms with Crippen LogP contribution in [-0.4, -0.2) is 52.7 Å². The highest BCUT2D eigenvalue weighted by molar-refractivity contribution is 5.83. The first kappa shape index (κ1) is 17.2. The van der Waals surface area contributed by atoms with Gasteiger partial charge in [-0.1, -0.05) is 0 Å². The Morgan fingerprint density at radius 1 is 1.36 bits per heavy atom. The van der Waals surface area contributed by atoms with Gasteiger partial charge in [0.1, 0.15) is 12.3 Å². The third-order valence-electron chi connectivity index (χ3n) is 4.20. The Morgan fingerprint density at radius 3 is 2.76 bits per heavy atom. The average molecular weight is 348 g/mol. The summed E-state index contributed by atoms with van der Waals surface area (Å²) in [6.07, 6.45) is 2.77. The lowest BCUT2D eigenvalue weighted by Gasteiger charge is -2.33. The highest BCUT2D eigenvalue weighted by Gasteiger charge is 2.29. The van der Waals surface area contributed by atoms with Crippen LogP contribution in [0.15, 0.2) is 27.2 Å². The zero-order chi connectivity index (χ0) is 17.8. The van der Waals surface area contributed by atoms with Crippen LogP contribution in [0.1, 0.15) is 24.3 Å². The average Bonchev–Trinajstić information content (AvgIpc) is 3.23. The van der Waals surface area contributed by atoms with Gasteiger partial charge in [0.25, 0.3) is 5.89 Å². The Balaban J connectivity index is 1.75. The Hall–Kier alpha value is -2.61. The third-order valence-corrected chi connectivity index (χ3v) is 4.20. The second-order valence-electron chi connectivity index (χ2n) is 5.93. The Kier molecular flexibility index (Phi) is 5.18. The molecule has 0 bridgehead atoms. The fourth-order valence-corrected chi connectivity index (χ4v) is 2.91. The van der Waals surface area contributed by atoms with Gasteiger partial charge in [0.15, 0.2) is 5.76 Å². The highest BCUT2D eigenvalue weighted by Crippen LogP contribution is 2.23. The molecule has 134 valence electrons. The van der Waals surface area contributed by atoms with Crippen LogP contribution in [0.25, 0.3) is 11.7 Å². The molecule has 0 radical (unpaired) electrons. The predicted molar refractivity (Wildman–Crippen MR) is 85.8 cm³/mol. The number of aromatic nitrogens is 1. The van der Waals surface area contributed by atoms with Crippen LogP contribution >= 0.6 is 0 Å². The normalized spacial score (nSPS) is 15.2. The number of ether oxygens (including phenoxy) is 1. The zero-order valence-electron chi connectivity index (χ0n) is 13.9. The third kappa shape index (κ3) is 4.08. The number of furan rings is 1. The molecule has 8 heteroatoms. The molecular weight excluding hydrogens is 328 g/mol. The lowest BCUT2D eigenvalue weighted by Crippen LogP contribution is -2.46. The number of carboxylic acids is 1. The van der Waals surface area contributed by atoms with Crippen molar-refractivity contribution in [2.75, 3.05) is 19.8 Å². The standard InChI is InChI=1S/C17H20N2O6/c1-11-13(18-17(25-11)14-3-2-6-24-14)9-15(20)19(10-16(21)22)12-4-7-23-8-5-12/h2-3,6,12H,4-5,7-10H2,1H3,(H,21,22). The second-order valence-corrected chi connectivity index (χ2v) is 5.93. The predicted octanol–water partition coefficient (Wildman–Crippen LogP) is 1.88. The number of carboxylic acid groups (broad SMARTS) is 1. The van der Waals surface area contributed by atoms with E-state index in [4.69, 9.17) is 18.7 Å². The number of hydrogen-bond donors (Lipinski definition) is 1. The molecule has 2 aromatic heterocycles. The van der Waals surface area contributed by atoms with Gasteiger partial charge < -0.3 is 23.6 Å². The number of aryl methyl sites for hydroxylation is 1. The van der Waals surface area contributed by atoms with Crippen LogP contribution < -0.4 is 0 Å². The minimum absolute atomic E-state index is 0.0132. The number of carbonyl (C=O) groups is 2. The maximum Gasteiger partial charge on any atom is 0.323 e. The van der Waals surface area contributed by atoms with Crippen LogP contribution in [0.3, 0.4) is 0 Å². The van der Waals surface area contributed by atoms with Crippen LogP contribution in [0.4, 0.5) is 0 Å². The first-order valence-corrected chi connectivity index (χ1v) is 8.14. The van der Waals surface area contributed by atoms with Crippen LogP contribution in [0.2, 0.25) is 0 Å². The topological polar surface area (TPSA) is 106 Å². The SMILES string of the molecule is Cc1oc(-c2ccco2)nc1CC(=O)N(CC(=O)O)C1CCOCC1. The van der Waals surface area contributed by atoms with E-state index in [-0.39, 0.29) is 24.9 Å². The molecule has 1 amide bonds. The number of hydrogen-bond acceptors (Lipinski definition) is 6. The van der Waals surface area contributed by atoms with Crippen LogP contribution in [0.5, 0.6) is 0 Å². The van der Waals surface area contributed by atoms with E-state index in [2.05, 4.69) is 4.98 Å². The second kappa shape index (κ2) is 7.52. The maximum atomic E-state index is 12.7. The van der Waals surface area contributed by atoms with Gasteiger partial charge in [-0.15, -0.1) is 0 Å². The van der Waals surface area contributed by atoms with Gasteiger partial charge in [0, 0.05) is 19.3 Å². The van der Waals surface area contributed by atoms with E-state index in [1.807, 2.05) is 0 Å². The van der Waals surface area contributed by atoms with Gasteiger partial charge in [-0.3, -0.25) is 9.59 Å². The van der Waals surface area contributed by atoms with Gasteiger partial charge in [-0.25, -0.2) is 4.98 Å². The van der Waals surface area contributed by atoms with E-state index in [1.54, 1.807) is 19.1 Å². The van der Waals surface area contributed by atoms with Crippen molar-refractivity contribution < 1.29 is 28.3 Å². The fourth-order valence-electron chi connectivity index (χ4n) is 2.91. The summed E-state index contributed by atoms with van der Waals surface area (Å²) in [5.74, 6) is -0.0125. The summed E-state index contributed by atoms with van der Waals surface area (Å²) in [5.41, 5.74) is 0.485. The van der Waals surface area contributed by atoms with Crippen molar-refractivity contribution in [3.05, 3.63) is 29.9 Å². The van der Waals surface area contributed by atoms with Crippen molar-refractivity contribution in [3.63, 3.8) is 0 Å². The van der Waals surface area contributed by atoms with E-state index >= 15 is 0 Å². The minimum Gasteiger partial charge on any atom is -0.480 e. The Morgan fingerprint density at radius 2 is 2.12 bits per heavy atom. The molecule has 2 aromatic rings. The van der Waals surface area contributed by atoms with Gasteiger partial charge in [0.2, 0.25) is 5.91 Å². The zero-order valence-corrected chi connectivity index (χ0v) is 13.9. The summed E-state index contributed by atoms with van der Waals surface area (Å²) in [5, 5.41) is 9.14. The minimum atomic E-state index is -1.03. The van der Waals surface area contributed by atoms with Gasteiger partial charge >= 0.3 is 5.97 Å². The smallest absolute Gasteiger partial charge is 0.323 e. The van der Waals surface area contributed by atoms with E-state index in [9.17, 15) is 9.59 Å². The van der Waals surface area contributed by atoms with E-state index < -0.39 is 5.97 Å². The van der Waals surface area contributed by atoms with Gasteiger partial charge in [-0.2, -0.15) is 0 Å². The van der Waals surface area contributed by atoms with E-state index in [0.29, 0.717) is 49.2 Å². The Bertz CT molecular complexity index is 730. The molecule has 8 nitrogen and oxygen atoms in total. The molecule has 0 aliphatic carbocycles. The number of rotatable bonds is 6. The molecule has 0 atom stereocenters. The molecule has 3 heterocycles. The molecule has 0 unspecified atom stereocenters. The van der Waals surface area contributed by atoms with Gasteiger partial charge in [0.05, 0.1) is 18.4 Å². The lowest BCUT2D eigenvalue weighted by atomic mass is 10.1. The van der Waals surface area contributed by atoms with Crippen molar-refractivity contribution in [2.24, 2.45) is 0 Å². The molecule has 1 aliphatic heterocycles. The molecule has 0 spiro atoms. The van der Waals surface area contributed by atoms with Gasteiger partial charge in [-0.05, 0) is 31.9 Å². The quantitative estimate of drug-likeness (QED) is 0.849. The molecule has 1 fully saturated rings. The largest absolute Gasteiger partial charge is 0.480 e. The summed E-state index contributed by atoms with van der Waals surface area (Å²) in [6.45, 7) is 2.45. The summed E-state index contributed by atoms with van der Waals surface area (Å²) >= 11 is 0. The molecule has 25 heavy (non-hydrogen) atoms. The van der Waals surface area contributed by atoms with E-state index in [0.717, 1.165) is 0 Å². The number of nitrogens with zero attached hydrogens (tertiary/aromatic N) is 2. The number of amides is 1. The summed E-state index contributed by atoms with van der Waals surface area (Å²) in [7, 11) is 0. The Labute approximate surface area is 144 Å². The number of oxazole rings is 1. The van der Waals surface area contributed by atoms with Crippen LogP contribution in [0, 0.1) is 6.92 Å². The first-order chi connectivity index (χ1) is 12.0. The van der Waals surface area contributed by atoms with Crippen molar-refractivity contribution in [1.29, 1.82) is 0 Å². The van der Waals surface area contributed by atoms with E-state index in [1.165, 1.54) is 11.2 Å². The van der Waals surface area contributed by atoms with Crippen LogP contribution in [-0.2, 0) is 20.7 Å². The van der Waals surface area contributed by atoms with Crippen molar-refractivity contribution in [2.45, 2.75) is 32.2 Å².